The molecule has 156 valence electrons. The van der Waals surface area contributed by atoms with E-state index in [2.05, 4.69) is 5.32 Å². The Labute approximate surface area is 173 Å². The van der Waals surface area contributed by atoms with Crippen molar-refractivity contribution in [1.29, 1.82) is 0 Å². The highest BCUT2D eigenvalue weighted by molar-refractivity contribution is 7.92. The van der Waals surface area contributed by atoms with Crippen LogP contribution in [0, 0.1) is 10.1 Å². The minimum absolute atomic E-state index is 0.0245. The number of carbonyl (C=O) groups excluding carboxylic acids is 1. The number of hydrogen-bond donors (Lipinski definition) is 1. The van der Waals surface area contributed by atoms with Crippen LogP contribution >= 0.6 is 11.6 Å². The molecule has 0 radical (unpaired) electrons. The lowest BCUT2D eigenvalue weighted by Crippen LogP contribution is -2.47. The maximum absolute atomic E-state index is 12.9. The van der Waals surface area contributed by atoms with Gasteiger partial charge >= 0.3 is 0 Å². The number of carbonyl (C=O) groups is 1. The average molecular weight is 442 g/mol. The second-order valence-corrected chi connectivity index (χ2v) is 8.37. The highest BCUT2D eigenvalue weighted by Gasteiger charge is 2.32. The van der Waals surface area contributed by atoms with Crippen molar-refractivity contribution in [2.24, 2.45) is 0 Å². The summed E-state index contributed by atoms with van der Waals surface area (Å²) in [5.74, 6) is -0.184. The van der Waals surface area contributed by atoms with Crippen LogP contribution < -0.4 is 14.4 Å². The molecule has 0 aromatic heterocycles. The molecule has 1 atom stereocenters. The monoisotopic (exact) mass is 441 g/mol. The van der Waals surface area contributed by atoms with Crippen molar-refractivity contribution in [3.63, 3.8) is 0 Å². The van der Waals surface area contributed by atoms with E-state index in [1.165, 1.54) is 31.4 Å². The number of methoxy groups -OCH3 is 1. The molecule has 0 saturated heterocycles. The fraction of sp³-hybridized carbons (Fsp3) is 0.278. The Bertz CT molecular complexity index is 1030. The van der Waals surface area contributed by atoms with E-state index in [4.69, 9.17) is 16.3 Å². The van der Waals surface area contributed by atoms with Gasteiger partial charge in [-0.3, -0.25) is 19.2 Å². The number of anilines is 2. The number of hydrogen-bond acceptors (Lipinski definition) is 6. The molecular formula is C18H20ClN3O6S. The van der Waals surface area contributed by atoms with Gasteiger partial charge in [-0.05, 0) is 30.7 Å². The molecule has 0 bridgehead atoms. The SMILES string of the molecule is CC[C@H](C(=O)Nc1ccc(OC)c(Cl)c1)N(c1cccc([N+](=O)[O-])c1)S(C)(=O)=O. The van der Waals surface area contributed by atoms with Gasteiger partial charge in [0.2, 0.25) is 15.9 Å². The Hall–Kier alpha value is -2.85. The summed E-state index contributed by atoms with van der Waals surface area (Å²) in [6.45, 7) is 1.64. The van der Waals surface area contributed by atoms with E-state index in [0.717, 1.165) is 16.6 Å². The first-order valence-electron chi connectivity index (χ1n) is 8.46. The van der Waals surface area contributed by atoms with Gasteiger partial charge in [0.05, 0.1) is 29.0 Å². The van der Waals surface area contributed by atoms with E-state index in [-0.39, 0.29) is 22.8 Å². The molecule has 2 aromatic rings. The van der Waals surface area contributed by atoms with Crippen molar-refractivity contribution in [1.82, 2.24) is 0 Å². The van der Waals surface area contributed by atoms with Crippen LogP contribution in [0.2, 0.25) is 5.02 Å². The zero-order valence-electron chi connectivity index (χ0n) is 16.0. The molecule has 0 aliphatic carbocycles. The van der Waals surface area contributed by atoms with E-state index in [0.29, 0.717) is 11.4 Å². The highest BCUT2D eigenvalue weighted by atomic mass is 35.5. The third-order valence-electron chi connectivity index (χ3n) is 4.04. The van der Waals surface area contributed by atoms with Crippen molar-refractivity contribution >= 4 is 44.6 Å². The number of sulfonamides is 1. The number of non-ortho nitro benzene ring substituents is 1. The molecule has 1 amide bonds. The third kappa shape index (κ3) is 5.36. The maximum Gasteiger partial charge on any atom is 0.271 e. The second-order valence-electron chi connectivity index (χ2n) is 6.10. The minimum atomic E-state index is -3.92. The van der Waals surface area contributed by atoms with Gasteiger partial charge in [-0.1, -0.05) is 24.6 Å². The van der Waals surface area contributed by atoms with Gasteiger partial charge in [-0.25, -0.2) is 8.42 Å². The van der Waals surface area contributed by atoms with E-state index >= 15 is 0 Å². The summed E-state index contributed by atoms with van der Waals surface area (Å²) in [7, 11) is -2.47. The van der Waals surface area contributed by atoms with Gasteiger partial charge in [-0.2, -0.15) is 0 Å². The predicted molar refractivity (Wildman–Crippen MR) is 111 cm³/mol. The van der Waals surface area contributed by atoms with Crippen LogP contribution in [-0.4, -0.2) is 38.7 Å². The van der Waals surface area contributed by atoms with Gasteiger partial charge < -0.3 is 10.1 Å². The van der Waals surface area contributed by atoms with Crippen LogP contribution in [0.1, 0.15) is 13.3 Å². The highest BCUT2D eigenvalue weighted by Crippen LogP contribution is 2.29. The topological polar surface area (TPSA) is 119 Å². The standard InChI is InChI=1S/C18H20ClN3O6S/c1-4-16(18(23)20-12-8-9-17(28-2)15(19)10-12)21(29(3,26)27)13-6-5-7-14(11-13)22(24)25/h5-11,16H,4H2,1-3H3,(H,20,23)/t16-/m1/s1. The number of nitrogens with zero attached hydrogens (tertiary/aromatic N) is 2. The Balaban J connectivity index is 2.41. The van der Waals surface area contributed by atoms with E-state index in [9.17, 15) is 23.3 Å². The van der Waals surface area contributed by atoms with Gasteiger partial charge in [0.25, 0.3) is 5.69 Å². The lowest BCUT2D eigenvalue weighted by Gasteiger charge is -2.30. The molecule has 0 aliphatic heterocycles. The second kappa shape index (κ2) is 9.10. The molecule has 1 N–H and O–H groups in total. The largest absolute Gasteiger partial charge is 0.495 e. The smallest absolute Gasteiger partial charge is 0.271 e. The summed E-state index contributed by atoms with van der Waals surface area (Å²) in [6.07, 6.45) is 1.07. The summed E-state index contributed by atoms with van der Waals surface area (Å²) in [5.41, 5.74) is 0.0940. The average Bonchev–Trinajstić information content (AvgIpc) is 2.65. The molecule has 2 aromatic carbocycles. The molecule has 0 saturated carbocycles. The normalized spacial score (nSPS) is 12.1. The van der Waals surface area contributed by atoms with Crippen LogP contribution in [0.3, 0.4) is 0 Å². The molecule has 29 heavy (non-hydrogen) atoms. The van der Waals surface area contributed by atoms with E-state index in [1.807, 2.05) is 0 Å². The molecule has 0 heterocycles. The van der Waals surface area contributed by atoms with Crippen LogP contribution in [0.5, 0.6) is 5.75 Å². The Kier molecular flexibility index (Phi) is 7.04. The number of benzene rings is 2. The molecule has 0 aliphatic rings. The van der Waals surface area contributed by atoms with Crippen molar-refractivity contribution in [3.05, 3.63) is 57.6 Å². The summed E-state index contributed by atoms with van der Waals surface area (Å²) in [5, 5.41) is 14.0. The van der Waals surface area contributed by atoms with Gasteiger partial charge in [-0.15, -0.1) is 0 Å². The molecule has 0 spiro atoms. The lowest BCUT2D eigenvalue weighted by molar-refractivity contribution is -0.384. The Morgan fingerprint density at radius 2 is 2.00 bits per heavy atom. The van der Waals surface area contributed by atoms with E-state index < -0.39 is 26.9 Å². The van der Waals surface area contributed by atoms with Crippen LogP contribution in [-0.2, 0) is 14.8 Å². The molecule has 2 rings (SSSR count). The fourth-order valence-corrected chi connectivity index (χ4v) is 4.23. The minimum Gasteiger partial charge on any atom is -0.495 e. The number of nitro groups is 1. The van der Waals surface area contributed by atoms with Gasteiger partial charge in [0.15, 0.2) is 0 Å². The third-order valence-corrected chi connectivity index (χ3v) is 5.52. The molecule has 0 unspecified atom stereocenters. The maximum atomic E-state index is 12.9. The summed E-state index contributed by atoms with van der Waals surface area (Å²) in [4.78, 5) is 23.3. The quantitative estimate of drug-likeness (QED) is 0.495. The first-order chi connectivity index (χ1) is 13.6. The van der Waals surface area contributed by atoms with Gasteiger partial charge in [0, 0.05) is 17.8 Å². The molecular weight excluding hydrogens is 422 g/mol. The van der Waals surface area contributed by atoms with Crippen LogP contribution in [0.25, 0.3) is 0 Å². The number of rotatable bonds is 8. The number of nitrogens with one attached hydrogen (secondary N) is 1. The van der Waals surface area contributed by atoms with Crippen molar-refractivity contribution in [3.8, 4) is 5.75 Å². The number of halogens is 1. The number of ether oxygens (including phenoxy) is 1. The van der Waals surface area contributed by atoms with Crippen molar-refractivity contribution < 1.29 is 22.9 Å². The zero-order valence-corrected chi connectivity index (χ0v) is 17.5. The summed E-state index contributed by atoms with van der Waals surface area (Å²) < 4.78 is 30.8. The zero-order chi connectivity index (χ0) is 21.8. The Morgan fingerprint density at radius 3 is 2.52 bits per heavy atom. The first kappa shape index (κ1) is 22.4. The molecule has 11 heteroatoms. The Morgan fingerprint density at radius 1 is 1.31 bits per heavy atom. The van der Waals surface area contributed by atoms with Crippen LogP contribution in [0.15, 0.2) is 42.5 Å². The molecule has 0 fully saturated rings. The van der Waals surface area contributed by atoms with E-state index in [1.54, 1.807) is 19.1 Å². The number of nitro benzene ring substituents is 1. The number of amides is 1. The van der Waals surface area contributed by atoms with Crippen molar-refractivity contribution in [2.45, 2.75) is 19.4 Å². The van der Waals surface area contributed by atoms with Gasteiger partial charge in [0.1, 0.15) is 11.8 Å². The first-order valence-corrected chi connectivity index (χ1v) is 10.7. The summed E-state index contributed by atoms with van der Waals surface area (Å²) >= 11 is 6.06. The molecule has 9 nitrogen and oxygen atoms in total. The van der Waals surface area contributed by atoms with Crippen molar-refractivity contribution in [2.75, 3.05) is 23.0 Å². The lowest BCUT2D eigenvalue weighted by atomic mass is 10.1. The van der Waals surface area contributed by atoms with Crippen LogP contribution in [0.4, 0.5) is 17.1 Å². The summed E-state index contributed by atoms with van der Waals surface area (Å²) in [6, 6.07) is 8.58. The predicted octanol–water partition coefficient (Wildman–Crippen LogP) is 3.44. The fourth-order valence-electron chi connectivity index (χ4n) is 2.77.